The van der Waals surface area contributed by atoms with Gasteiger partial charge >= 0.3 is 0 Å². The summed E-state index contributed by atoms with van der Waals surface area (Å²) in [6, 6.07) is 18.4. The maximum atomic E-state index is 12.2. The summed E-state index contributed by atoms with van der Waals surface area (Å²) >= 11 is 0. The monoisotopic (exact) mass is 265 g/mol. The third kappa shape index (κ3) is 3.65. The minimum atomic E-state index is -0.396. The summed E-state index contributed by atoms with van der Waals surface area (Å²) in [5, 5.41) is 2.72. The summed E-state index contributed by atoms with van der Waals surface area (Å²) in [7, 11) is 0. The predicted octanol–water partition coefficient (Wildman–Crippen LogP) is 3.30. The number of hydrogen-bond acceptors (Lipinski definition) is 2. The second-order valence-electron chi connectivity index (χ2n) is 4.35. The second-order valence-corrected chi connectivity index (χ2v) is 4.35. The Bertz CT molecular complexity index is 631. The van der Waals surface area contributed by atoms with E-state index in [0.29, 0.717) is 5.69 Å². The van der Waals surface area contributed by atoms with Crippen LogP contribution in [0.25, 0.3) is 6.08 Å². The highest BCUT2D eigenvalue weighted by atomic mass is 16.2. The largest absolute Gasteiger partial charge is 0.322 e. The van der Waals surface area contributed by atoms with Crippen molar-refractivity contribution in [2.24, 2.45) is 0 Å². The van der Waals surface area contributed by atoms with Gasteiger partial charge in [-0.25, -0.2) is 0 Å². The van der Waals surface area contributed by atoms with Gasteiger partial charge in [0.2, 0.25) is 0 Å². The predicted molar refractivity (Wildman–Crippen MR) is 80.2 cm³/mol. The number of hydrogen-bond donors (Lipinski definition) is 1. The van der Waals surface area contributed by atoms with Crippen LogP contribution in [-0.2, 0) is 9.59 Å². The molecule has 0 aliphatic carbocycles. The average molecular weight is 265 g/mol. The highest BCUT2D eigenvalue weighted by Crippen LogP contribution is 2.12. The molecule has 2 aromatic rings. The van der Waals surface area contributed by atoms with E-state index in [-0.39, 0.29) is 11.4 Å². The standard InChI is InChI=1S/C17H15NO2/c1-13(19)16(12-14-8-4-2-5-9-14)17(20)18-15-10-6-3-7-11-15/h2-12H,1H3,(H,18,20)/b16-12+. The lowest BCUT2D eigenvalue weighted by molar-refractivity contribution is -0.118. The van der Waals surface area contributed by atoms with Crippen molar-refractivity contribution in [3.63, 3.8) is 0 Å². The van der Waals surface area contributed by atoms with Crippen LogP contribution in [0.3, 0.4) is 0 Å². The molecule has 3 heteroatoms. The van der Waals surface area contributed by atoms with Crippen LogP contribution in [0.2, 0.25) is 0 Å². The van der Waals surface area contributed by atoms with Gasteiger partial charge in [-0.15, -0.1) is 0 Å². The Balaban J connectivity index is 2.23. The number of Topliss-reactive ketones (excluding diaryl/α,β-unsaturated/α-hetero) is 1. The van der Waals surface area contributed by atoms with Crippen molar-refractivity contribution in [3.05, 3.63) is 71.8 Å². The first-order valence-electron chi connectivity index (χ1n) is 6.31. The van der Waals surface area contributed by atoms with E-state index in [1.54, 1.807) is 18.2 Å². The molecule has 0 aliphatic rings. The Morgan fingerprint density at radius 1 is 0.900 bits per heavy atom. The highest BCUT2D eigenvalue weighted by Gasteiger charge is 2.14. The molecule has 0 aliphatic heterocycles. The van der Waals surface area contributed by atoms with Crippen LogP contribution < -0.4 is 5.32 Å². The number of benzene rings is 2. The summed E-state index contributed by atoms with van der Waals surface area (Å²) in [6.45, 7) is 1.39. The van der Waals surface area contributed by atoms with Gasteiger partial charge in [0.15, 0.2) is 5.78 Å². The topological polar surface area (TPSA) is 46.2 Å². The number of anilines is 1. The van der Waals surface area contributed by atoms with Crippen LogP contribution in [0, 0.1) is 0 Å². The van der Waals surface area contributed by atoms with Crippen LogP contribution in [-0.4, -0.2) is 11.7 Å². The quantitative estimate of drug-likeness (QED) is 0.524. The van der Waals surface area contributed by atoms with E-state index in [1.165, 1.54) is 6.92 Å². The van der Waals surface area contributed by atoms with Crippen LogP contribution >= 0.6 is 0 Å². The Hall–Kier alpha value is -2.68. The van der Waals surface area contributed by atoms with Crippen LogP contribution in [0.1, 0.15) is 12.5 Å². The maximum absolute atomic E-state index is 12.2. The second kappa shape index (κ2) is 6.48. The van der Waals surface area contributed by atoms with Crippen molar-refractivity contribution in [2.45, 2.75) is 6.92 Å². The zero-order valence-electron chi connectivity index (χ0n) is 11.2. The van der Waals surface area contributed by atoms with Gasteiger partial charge in [0.05, 0.1) is 5.57 Å². The van der Waals surface area contributed by atoms with E-state index in [9.17, 15) is 9.59 Å². The number of amides is 1. The van der Waals surface area contributed by atoms with E-state index < -0.39 is 5.91 Å². The van der Waals surface area contributed by atoms with Crippen molar-refractivity contribution < 1.29 is 9.59 Å². The molecule has 0 saturated carbocycles. The molecule has 0 aromatic heterocycles. The molecule has 0 unspecified atom stereocenters. The summed E-state index contributed by atoms with van der Waals surface area (Å²) in [5.74, 6) is -0.658. The van der Waals surface area contributed by atoms with Crippen molar-refractivity contribution in [2.75, 3.05) is 5.32 Å². The van der Waals surface area contributed by atoms with Crippen LogP contribution in [0.5, 0.6) is 0 Å². The zero-order chi connectivity index (χ0) is 14.4. The number of para-hydroxylation sites is 1. The Morgan fingerprint density at radius 2 is 1.45 bits per heavy atom. The summed E-state index contributed by atoms with van der Waals surface area (Å²) < 4.78 is 0. The van der Waals surface area contributed by atoms with Gasteiger partial charge in [0.25, 0.3) is 5.91 Å². The Labute approximate surface area is 117 Å². The van der Waals surface area contributed by atoms with E-state index in [4.69, 9.17) is 0 Å². The first-order valence-corrected chi connectivity index (χ1v) is 6.31. The lowest BCUT2D eigenvalue weighted by atomic mass is 10.1. The normalized spacial score (nSPS) is 10.9. The summed E-state index contributed by atoms with van der Waals surface area (Å²) in [5.41, 5.74) is 1.62. The molecule has 0 atom stereocenters. The number of ketones is 1. The number of carbonyl (C=O) groups excluding carboxylic acids is 2. The molecular weight excluding hydrogens is 250 g/mol. The number of rotatable bonds is 4. The fourth-order valence-corrected chi connectivity index (χ4v) is 1.76. The maximum Gasteiger partial charge on any atom is 0.259 e. The molecule has 1 amide bonds. The molecule has 2 rings (SSSR count). The van der Waals surface area contributed by atoms with E-state index in [2.05, 4.69) is 5.32 Å². The smallest absolute Gasteiger partial charge is 0.259 e. The molecule has 0 bridgehead atoms. The molecular formula is C17H15NO2. The van der Waals surface area contributed by atoms with Crippen molar-refractivity contribution >= 4 is 23.5 Å². The molecule has 2 aromatic carbocycles. The molecule has 0 spiro atoms. The van der Waals surface area contributed by atoms with E-state index in [1.807, 2.05) is 48.5 Å². The SMILES string of the molecule is CC(=O)/C(=C\c1ccccc1)C(=O)Nc1ccccc1. The van der Waals surface area contributed by atoms with Crippen LogP contribution in [0.4, 0.5) is 5.69 Å². The molecule has 20 heavy (non-hydrogen) atoms. The molecule has 0 fully saturated rings. The van der Waals surface area contributed by atoms with E-state index in [0.717, 1.165) is 5.56 Å². The lowest BCUT2D eigenvalue weighted by Crippen LogP contribution is -2.18. The van der Waals surface area contributed by atoms with Crippen LogP contribution in [0.15, 0.2) is 66.2 Å². The summed E-state index contributed by atoms with van der Waals surface area (Å²) in [4.78, 5) is 23.8. The zero-order valence-corrected chi connectivity index (χ0v) is 11.2. The van der Waals surface area contributed by atoms with Gasteiger partial charge in [0, 0.05) is 5.69 Å². The molecule has 1 N–H and O–H groups in total. The van der Waals surface area contributed by atoms with Gasteiger partial charge in [-0.1, -0.05) is 48.5 Å². The fraction of sp³-hybridized carbons (Fsp3) is 0.0588. The Morgan fingerprint density at radius 3 is 2.00 bits per heavy atom. The third-order valence-corrected chi connectivity index (χ3v) is 2.77. The minimum absolute atomic E-state index is 0.139. The lowest BCUT2D eigenvalue weighted by Gasteiger charge is -2.06. The van der Waals surface area contributed by atoms with Gasteiger partial charge in [0.1, 0.15) is 0 Å². The first-order chi connectivity index (χ1) is 9.66. The average Bonchev–Trinajstić information content (AvgIpc) is 2.46. The Kier molecular flexibility index (Phi) is 4.45. The molecule has 0 heterocycles. The van der Waals surface area contributed by atoms with Crippen molar-refractivity contribution in [1.29, 1.82) is 0 Å². The van der Waals surface area contributed by atoms with Crippen molar-refractivity contribution in [3.8, 4) is 0 Å². The molecule has 0 saturated heterocycles. The molecule has 100 valence electrons. The third-order valence-electron chi connectivity index (χ3n) is 2.77. The van der Waals surface area contributed by atoms with Gasteiger partial charge in [-0.05, 0) is 30.7 Å². The molecule has 0 radical (unpaired) electrons. The van der Waals surface area contributed by atoms with Gasteiger partial charge in [-0.3, -0.25) is 9.59 Å². The minimum Gasteiger partial charge on any atom is -0.322 e. The number of carbonyl (C=O) groups is 2. The number of nitrogens with one attached hydrogen (secondary N) is 1. The highest BCUT2D eigenvalue weighted by molar-refractivity contribution is 6.25. The van der Waals surface area contributed by atoms with Gasteiger partial charge in [-0.2, -0.15) is 0 Å². The molecule has 3 nitrogen and oxygen atoms in total. The van der Waals surface area contributed by atoms with Crippen molar-refractivity contribution in [1.82, 2.24) is 0 Å². The van der Waals surface area contributed by atoms with Gasteiger partial charge < -0.3 is 5.32 Å². The first kappa shape index (κ1) is 13.7. The fourth-order valence-electron chi connectivity index (χ4n) is 1.76. The van der Waals surface area contributed by atoms with E-state index >= 15 is 0 Å². The summed E-state index contributed by atoms with van der Waals surface area (Å²) in [6.07, 6.45) is 1.60.